The quantitative estimate of drug-likeness (QED) is 0.421. The minimum Gasteiger partial charge on any atom is -0.266 e. The van der Waals surface area contributed by atoms with Crippen LogP contribution in [0.1, 0.15) is 27.7 Å². The van der Waals surface area contributed by atoms with Crippen LogP contribution < -0.4 is 0 Å². The molecule has 0 radical (unpaired) electrons. The Bertz CT molecular complexity index is 192. The molecular formula is C9H14ClTi-. The van der Waals surface area contributed by atoms with Gasteiger partial charge in [-0.15, -0.1) is 19.3 Å². The van der Waals surface area contributed by atoms with Gasteiger partial charge in [0.25, 0.3) is 0 Å². The molecule has 0 aromatic heterocycles. The summed E-state index contributed by atoms with van der Waals surface area (Å²) in [7, 11) is 0. The maximum Gasteiger partial charge on any atom is 0 e. The summed E-state index contributed by atoms with van der Waals surface area (Å²) < 4.78 is 0. The van der Waals surface area contributed by atoms with Crippen LogP contribution >= 0.6 is 12.4 Å². The van der Waals surface area contributed by atoms with Crippen molar-refractivity contribution in [1.29, 1.82) is 0 Å². The standard InChI is InChI=1S/C9H13.ClH.Ti/c1-6-5-7(2)9(4)8(6)3;;/h6H,1-4H3;1H;/q-1;;. The largest absolute Gasteiger partial charge is 0.266 e. The van der Waals surface area contributed by atoms with Crippen molar-refractivity contribution in [3.05, 3.63) is 22.8 Å². The zero-order valence-corrected chi connectivity index (χ0v) is 9.86. The van der Waals surface area contributed by atoms with E-state index in [9.17, 15) is 0 Å². The first kappa shape index (κ1) is 14.0. The van der Waals surface area contributed by atoms with Gasteiger partial charge in [0.15, 0.2) is 0 Å². The summed E-state index contributed by atoms with van der Waals surface area (Å²) in [6.07, 6.45) is 3.36. The van der Waals surface area contributed by atoms with Gasteiger partial charge in [0.2, 0.25) is 0 Å². The van der Waals surface area contributed by atoms with Gasteiger partial charge in [0.1, 0.15) is 0 Å². The Balaban J connectivity index is 0. The molecule has 1 unspecified atom stereocenters. The van der Waals surface area contributed by atoms with Crippen molar-refractivity contribution in [3.63, 3.8) is 0 Å². The SMILES string of the molecule is CC1=[C-]C(C)C(C)=C1C.Cl.[Ti]. The summed E-state index contributed by atoms with van der Waals surface area (Å²) in [6, 6.07) is 0. The summed E-state index contributed by atoms with van der Waals surface area (Å²) in [5, 5.41) is 0. The predicted octanol–water partition coefficient (Wildman–Crippen LogP) is 3.14. The van der Waals surface area contributed by atoms with Crippen LogP contribution in [0.15, 0.2) is 16.7 Å². The molecule has 11 heavy (non-hydrogen) atoms. The van der Waals surface area contributed by atoms with E-state index in [0.717, 1.165) is 0 Å². The first-order chi connectivity index (χ1) is 4.13. The van der Waals surface area contributed by atoms with Crippen LogP contribution in [0.25, 0.3) is 0 Å². The molecule has 0 N–H and O–H groups in total. The van der Waals surface area contributed by atoms with Gasteiger partial charge in [-0.25, -0.2) is 5.57 Å². The second-order valence-electron chi connectivity index (χ2n) is 2.80. The Morgan fingerprint density at radius 1 is 1.18 bits per heavy atom. The van der Waals surface area contributed by atoms with Crippen LogP contribution in [0.2, 0.25) is 0 Å². The Morgan fingerprint density at radius 2 is 1.64 bits per heavy atom. The topological polar surface area (TPSA) is 0 Å². The first-order valence-corrected chi connectivity index (χ1v) is 3.40. The van der Waals surface area contributed by atoms with E-state index in [1.807, 2.05) is 0 Å². The van der Waals surface area contributed by atoms with Gasteiger partial charge in [-0.05, 0) is 0 Å². The Hall–Kier alpha value is 0.484. The molecule has 0 heterocycles. The first-order valence-electron chi connectivity index (χ1n) is 3.40. The number of allylic oxidation sites excluding steroid dienone is 4. The van der Waals surface area contributed by atoms with E-state index in [1.165, 1.54) is 16.7 Å². The van der Waals surface area contributed by atoms with E-state index in [0.29, 0.717) is 5.92 Å². The number of hydrogen-bond acceptors (Lipinski definition) is 0. The molecule has 0 aromatic carbocycles. The van der Waals surface area contributed by atoms with Crippen molar-refractivity contribution in [2.45, 2.75) is 27.7 Å². The third-order valence-electron chi connectivity index (χ3n) is 2.24. The Kier molecular flexibility index (Phi) is 6.62. The molecule has 0 amide bonds. The Labute approximate surface area is 90.4 Å². The molecule has 1 aliphatic rings. The fourth-order valence-electron chi connectivity index (χ4n) is 1.16. The van der Waals surface area contributed by atoms with Crippen LogP contribution in [-0.2, 0) is 21.7 Å². The smallest absolute Gasteiger partial charge is 0 e. The molecule has 0 fully saturated rings. The molecule has 1 rings (SSSR count). The van der Waals surface area contributed by atoms with Gasteiger partial charge in [0.05, 0.1) is 0 Å². The van der Waals surface area contributed by atoms with Gasteiger partial charge in [-0.3, -0.25) is 6.08 Å². The molecule has 0 spiro atoms. The molecule has 0 saturated heterocycles. The van der Waals surface area contributed by atoms with Gasteiger partial charge in [0, 0.05) is 21.7 Å². The third kappa shape index (κ3) is 2.78. The van der Waals surface area contributed by atoms with E-state index < -0.39 is 0 Å². The number of hydrogen-bond donors (Lipinski definition) is 0. The van der Waals surface area contributed by atoms with E-state index >= 15 is 0 Å². The van der Waals surface area contributed by atoms with Crippen molar-refractivity contribution in [2.75, 3.05) is 0 Å². The fourth-order valence-corrected chi connectivity index (χ4v) is 1.16. The van der Waals surface area contributed by atoms with Crippen LogP contribution in [0.3, 0.4) is 0 Å². The van der Waals surface area contributed by atoms with E-state index in [-0.39, 0.29) is 34.1 Å². The van der Waals surface area contributed by atoms with Gasteiger partial charge in [-0.2, -0.15) is 11.1 Å². The third-order valence-corrected chi connectivity index (χ3v) is 2.24. The van der Waals surface area contributed by atoms with Crippen molar-refractivity contribution in [1.82, 2.24) is 0 Å². The minimum atomic E-state index is 0. The zero-order valence-electron chi connectivity index (χ0n) is 7.49. The van der Waals surface area contributed by atoms with Crippen LogP contribution in [0, 0.1) is 12.0 Å². The van der Waals surface area contributed by atoms with Gasteiger partial charge >= 0.3 is 0 Å². The summed E-state index contributed by atoms with van der Waals surface area (Å²) in [5.74, 6) is 0.560. The molecule has 1 atom stereocenters. The van der Waals surface area contributed by atoms with Crippen LogP contribution in [-0.4, -0.2) is 0 Å². The van der Waals surface area contributed by atoms with Crippen molar-refractivity contribution < 1.29 is 21.7 Å². The summed E-state index contributed by atoms with van der Waals surface area (Å²) in [5.41, 5.74) is 4.25. The summed E-state index contributed by atoms with van der Waals surface area (Å²) >= 11 is 0. The average molecular weight is 206 g/mol. The normalized spacial score (nSPS) is 22.2. The molecule has 0 nitrogen and oxygen atoms in total. The summed E-state index contributed by atoms with van der Waals surface area (Å²) in [4.78, 5) is 0. The second-order valence-corrected chi connectivity index (χ2v) is 2.80. The van der Waals surface area contributed by atoms with Gasteiger partial charge in [-0.1, -0.05) is 26.7 Å². The van der Waals surface area contributed by atoms with Crippen molar-refractivity contribution >= 4 is 12.4 Å². The second kappa shape index (κ2) is 5.19. The number of rotatable bonds is 0. The van der Waals surface area contributed by atoms with Crippen molar-refractivity contribution in [3.8, 4) is 0 Å². The molecular weight excluding hydrogens is 191 g/mol. The molecule has 1 aliphatic carbocycles. The maximum atomic E-state index is 3.36. The molecule has 0 saturated carbocycles. The van der Waals surface area contributed by atoms with Crippen LogP contribution in [0.5, 0.6) is 0 Å². The maximum absolute atomic E-state index is 3.36. The van der Waals surface area contributed by atoms with Gasteiger partial charge < -0.3 is 0 Å². The molecule has 62 valence electrons. The fraction of sp³-hybridized carbons (Fsp3) is 0.556. The Morgan fingerprint density at radius 3 is 1.73 bits per heavy atom. The number of halogens is 1. The molecule has 0 bridgehead atoms. The van der Waals surface area contributed by atoms with Crippen molar-refractivity contribution in [2.24, 2.45) is 5.92 Å². The van der Waals surface area contributed by atoms with E-state index in [4.69, 9.17) is 0 Å². The van der Waals surface area contributed by atoms with Crippen LogP contribution in [0.4, 0.5) is 0 Å². The molecule has 0 aliphatic heterocycles. The zero-order chi connectivity index (χ0) is 7.02. The predicted molar refractivity (Wildman–Crippen MR) is 47.2 cm³/mol. The minimum absolute atomic E-state index is 0. The summed E-state index contributed by atoms with van der Waals surface area (Å²) in [6.45, 7) is 8.67. The monoisotopic (exact) mass is 205 g/mol. The molecule has 2 heteroatoms. The van der Waals surface area contributed by atoms with E-state index in [1.54, 1.807) is 0 Å². The molecule has 0 aromatic rings. The average Bonchev–Trinajstić information content (AvgIpc) is 1.98. The van der Waals surface area contributed by atoms with E-state index in [2.05, 4.69) is 33.8 Å².